The van der Waals surface area contributed by atoms with Crippen LogP contribution in [0.2, 0.25) is 0 Å². The molecule has 8 heteroatoms. The van der Waals surface area contributed by atoms with Crippen LogP contribution in [-0.2, 0) is 22.5 Å². The number of alkyl halides is 3. The molecule has 1 heterocycles. The number of rotatable bonds is 4. The minimum absolute atomic E-state index is 0.0668. The first-order valence-corrected chi connectivity index (χ1v) is 5.29. The molecule has 0 aliphatic heterocycles. The van der Waals surface area contributed by atoms with Gasteiger partial charge in [-0.15, -0.1) is 13.2 Å². The highest BCUT2D eigenvalue weighted by Gasteiger charge is 2.32. The van der Waals surface area contributed by atoms with Gasteiger partial charge in [-0.2, -0.15) is 0 Å². The molecule has 0 saturated carbocycles. The van der Waals surface area contributed by atoms with Crippen LogP contribution >= 0.6 is 0 Å². The highest BCUT2D eigenvalue weighted by Crippen LogP contribution is 2.28. The van der Waals surface area contributed by atoms with Crippen molar-refractivity contribution in [2.24, 2.45) is 5.73 Å². The van der Waals surface area contributed by atoms with E-state index in [0.29, 0.717) is 0 Å². The Kier molecular flexibility index (Phi) is 4.71. The summed E-state index contributed by atoms with van der Waals surface area (Å²) in [6, 6.07) is 1.10. The SMILES string of the molecule is COC(=O)Cc1nc(CN)cc(OC(F)(F)F)c1C. The molecular weight excluding hydrogens is 265 g/mol. The van der Waals surface area contributed by atoms with Crippen LogP contribution in [0.1, 0.15) is 17.0 Å². The zero-order chi connectivity index (χ0) is 14.6. The smallest absolute Gasteiger partial charge is 0.469 e. The molecule has 5 nitrogen and oxygen atoms in total. The number of carbonyl (C=O) groups excluding carboxylic acids is 1. The Balaban J connectivity index is 3.17. The van der Waals surface area contributed by atoms with Gasteiger partial charge in [0.1, 0.15) is 5.75 Å². The normalized spacial score (nSPS) is 11.3. The molecule has 0 fully saturated rings. The summed E-state index contributed by atoms with van der Waals surface area (Å²) in [4.78, 5) is 15.2. The number of nitrogens with two attached hydrogens (primary N) is 1. The van der Waals surface area contributed by atoms with Crippen LogP contribution in [0.15, 0.2) is 6.07 Å². The highest BCUT2D eigenvalue weighted by molar-refractivity contribution is 5.72. The van der Waals surface area contributed by atoms with Gasteiger partial charge in [0.2, 0.25) is 0 Å². The van der Waals surface area contributed by atoms with E-state index >= 15 is 0 Å². The van der Waals surface area contributed by atoms with Crippen molar-refractivity contribution >= 4 is 5.97 Å². The van der Waals surface area contributed by atoms with E-state index in [9.17, 15) is 18.0 Å². The second-order valence-corrected chi connectivity index (χ2v) is 3.69. The molecule has 0 amide bonds. The van der Waals surface area contributed by atoms with Gasteiger partial charge >= 0.3 is 12.3 Å². The quantitative estimate of drug-likeness (QED) is 0.844. The lowest BCUT2D eigenvalue weighted by Gasteiger charge is -2.15. The molecule has 0 bridgehead atoms. The molecule has 0 aliphatic carbocycles. The number of esters is 1. The van der Waals surface area contributed by atoms with Crippen molar-refractivity contribution in [3.63, 3.8) is 0 Å². The van der Waals surface area contributed by atoms with E-state index in [4.69, 9.17) is 5.73 Å². The number of ether oxygens (including phenoxy) is 2. The van der Waals surface area contributed by atoms with Crippen LogP contribution in [0.5, 0.6) is 5.75 Å². The lowest BCUT2D eigenvalue weighted by atomic mass is 10.1. The number of carbonyl (C=O) groups is 1. The van der Waals surface area contributed by atoms with Crippen molar-refractivity contribution in [2.75, 3.05) is 7.11 Å². The van der Waals surface area contributed by atoms with Gasteiger partial charge in [0, 0.05) is 18.2 Å². The standard InChI is InChI=1S/C11H13F3N2O3/c1-6-8(4-10(17)18-2)16-7(5-15)3-9(6)19-11(12,13)14/h3H,4-5,15H2,1-2H3. The van der Waals surface area contributed by atoms with Gasteiger partial charge in [-0.25, -0.2) is 0 Å². The number of nitrogens with zero attached hydrogens (tertiary/aromatic N) is 1. The molecule has 0 unspecified atom stereocenters. The summed E-state index contributed by atoms with van der Waals surface area (Å²) < 4.78 is 45.1. The number of pyridine rings is 1. The van der Waals surface area contributed by atoms with Crippen molar-refractivity contribution < 1.29 is 27.4 Å². The minimum atomic E-state index is -4.82. The van der Waals surface area contributed by atoms with E-state index in [1.54, 1.807) is 0 Å². The lowest BCUT2D eigenvalue weighted by molar-refractivity contribution is -0.274. The third kappa shape index (κ3) is 4.40. The van der Waals surface area contributed by atoms with Crippen molar-refractivity contribution in [1.29, 1.82) is 0 Å². The molecule has 1 aromatic rings. The van der Waals surface area contributed by atoms with Gasteiger partial charge in [-0.3, -0.25) is 9.78 Å². The summed E-state index contributed by atoms with van der Waals surface area (Å²) in [5, 5.41) is 0. The first kappa shape index (κ1) is 15.2. The number of hydrogen-bond donors (Lipinski definition) is 1. The van der Waals surface area contributed by atoms with E-state index in [1.165, 1.54) is 14.0 Å². The van der Waals surface area contributed by atoms with Gasteiger partial charge < -0.3 is 15.2 Å². The molecule has 0 spiro atoms. The van der Waals surface area contributed by atoms with Gasteiger partial charge in [-0.1, -0.05) is 0 Å². The zero-order valence-corrected chi connectivity index (χ0v) is 10.4. The fourth-order valence-corrected chi connectivity index (χ4v) is 1.41. The molecule has 0 atom stereocenters. The monoisotopic (exact) mass is 278 g/mol. The Morgan fingerprint density at radius 1 is 1.47 bits per heavy atom. The van der Waals surface area contributed by atoms with Crippen molar-refractivity contribution in [1.82, 2.24) is 4.98 Å². The fraction of sp³-hybridized carbons (Fsp3) is 0.455. The summed E-state index contributed by atoms with van der Waals surface area (Å²) in [6.07, 6.45) is -5.06. The maximum atomic E-state index is 12.3. The van der Waals surface area contributed by atoms with Gasteiger partial charge in [0.25, 0.3) is 0 Å². The van der Waals surface area contributed by atoms with E-state index in [0.717, 1.165) is 6.07 Å². The maximum absolute atomic E-state index is 12.3. The summed E-state index contributed by atoms with van der Waals surface area (Å²) in [7, 11) is 1.18. The van der Waals surface area contributed by atoms with Crippen LogP contribution < -0.4 is 10.5 Å². The summed E-state index contributed by atoms with van der Waals surface area (Å²) >= 11 is 0. The Morgan fingerprint density at radius 2 is 2.11 bits per heavy atom. The predicted molar refractivity (Wildman–Crippen MR) is 59.3 cm³/mol. The van der Waals surface area contributed by atoms with Crippen LogP contribution in [0.3, 0.4) is 0 Å². The van der Waals surface area contributed by atoms with Crippen LogP contribution in [-0.4, -0.2) is 24.4 Å². The van der Waals surface area contributed by atoms with Crippen molar-refractivity contribution in [3.05, 3.63) is 23.0 Å². The zero-order valence-electron chi connectivity index (χ0n) is 10.4. The minimum Gasteiger partial charge on any atom is -0.469 e. The van der Waals surface area contributed by atoms with Crippen LogP contribution in [0.25, 0.3) is 0 Å². The second kappa shape index (κ2) is 5.87. The third-order valence-corrected chi connectivity index (χ3v) is 2.35. The topological polar surface area (TPSA) is 74.4 Å². The first-order chi connectivity index (χ1) is 8.76. The van der Waals surface area contributed by atoms with E-state index in [-0.39, 0.29) is 29.9 Å². The molecule has 106 valence electrons. The fourth-order valence-electron chi connectivity index (χ4n) is 1.41. The Bertz CT molecular complexity index is 475. The Hall–Kier alpha value is -1.83. The van der Waals surface area contributed by atoms with Gasteiger partial charge in [-0.05, 0) is 6.92 Å². The van der Waals surface area contributed by atoms with Crippen molar-refractivity contribution in [2.45, 2.75) is 26.3 Å². The predicted octanol–water partition coefficient (Wildman–Crippen LogP) is 1.46. The number of halogens is 3. The number of methoxy groups -OCH3 is 1. The lowest BCUT2D eigenvalue weighted by Crippen LogP contribution is -2.19. The molecule has 19 heavy (non-hydrogen) atoms. The molecule has 1 aromatic heterocycles. The molecular formula is C11H13F3N2O3. The van der Waals surface area contributed by atoms with Crippen LogP contribution in [0, 0.1) is 6.92 Å². The van der Waals surface area contributed by atoms with Crippen molar-refractivity contribution in [3.8, 4) is 5.75 Å². The molecule has 0 saturated heterocycles. The second-order valence-electron chi connectivity index (χ2n) is 3.69. The largest absolute Gasteiger partial charge is 0.573 e. The van der Waals surface area contributed by atoms with E-state index < -0.39 is 18.1 Å². The number of aromatic nitrogens is 1. The first-order valence-electron chi connectivity index (χ1n) is 5.29. The maximum Gasteiger partial charge on any atom is 0.573 e. The molecule has 1 rings (SSSR count). The highest BCUT2D eigenvalue weighted by atomic mass is 19.4. The third-order valence-electron chi connectivity index (χ3n) is 2.35. The average molecular weight is 278 g/mol. The van der Waals surface area contributed by atoms with Gasteiger partial charge in [0.05, 0.1) is 24.9 Å². The Labute approximate surface area is 107 Å². The number of hydrogen-bond acceptors (Lipinski definition) is 5. The van der Waals surface area contributed by atoms with Gasteiger partial charge in [0.15, 0.2) is 0 Å². The molecule has 2 N–H and O–H groups in total. The summed E-state index contributed by atoms with van der Waals surface area (Å²) in [5.41, 5.74) is 5.82. The van der Waals surface area contributed by atoms with E-state index in [2.05, 4.69) is 14.5 Å². The summed E-state index contributed by atoms with van der Waals surface area (Å²) in [5.74, 6) is -1.02. The molecule has 0 radical (unpaired) electrons. The summed E-state index contributed by atoms with van der Waals surface area (Å²) in [6.45, 7) is 1.31. The van der Waals surface area contributed by atoms with E-state index in [1.807, 2.05) is 0 Å². The molecule has 0 aromatic carbocycles. The average Bonchev–Trinajstić information content (AvgIpc) is 2.32. The molecule has 0 aliphatic rings. The Morgan fingerprint density at radius 3 is 2.58 bits per heavy atom. The van der Waals surface area contributed by atoms with Crippen LogP contribution in [0.4, 0.5) is 13.2 Å².